The molecule has 1 saturated carbocycles. The van der Waals surface area contributed by atoms with Gasteiger partial charge >= 0.3 is 0 Å². The molecule has 0 atom stereocenters. The van der Waals surface area contributed by atoms with Crippen LogP contribution in [0, 0.1) is 5.41 Å². The first-order chi connectivity index (χ1) is 9.90. The summed E-state index contributed by atoms with van der Waals surface area (Å²) in [5.41, 5.74) is 5.47. The maximum Gasteiger partial charge on any atom is 0.238 e. The van der Waals surface area contributed by atoms with Crippen LogP contribution in [-0.4, -0.2) is 17.0 Å². The summed E-state index contributed by atoms with van der Waals surface area (Å²) in [4.78, 5) is 12.7. The molecule has 0 heterocycles. The highest BCUT2D eigenvalue weighted by Gasteiger charge is 2.45. The SMILES string of the molecule is NC(=NO)C1(C(=O)Nc2c(Br)cc(Br)cc2Br)CCCC1. The number of hydrogen-bond donors (Lipinski definition) is 3. The number of nitrogens with two attached hydrogens (primary N) is 1. The minimum Gasteiger partial charge on any atom is -0.409 e. The summed E-state index contributed by atoms with van der Waals surface area (Å²) in [5, 5.41) is 14.9. The number of anilines is 1. The van der Waals surface area contributed by atoms with Crippen LogP contribution in [0.4, 0.5) is 5.69 Å². The van der Waals surface area contributed by atoms with Crippen LogP contribution in [0.3, 0.4) is 0 Å². The Labute approximate surface area is 147 Å². The number of hydrogen-bond acceptors (Lipinski definition) is 3. The van der Waals surface area contributed by atoms with Gasteiger partial charge in [-0.15, -0.1) is 0 Å². The molecular weight excluding hydrogens is 470 g/mol. The first-order valence-electron chi connectivity index (χ1n) is 6.35. The van der Waals surface area contributed by atoms with E-state index < -0.39 is 5.41 Å². The molecule has 0 aliphatic heterocycles. The quantitative estimate of drug-likeness (QED) is 0.260. The summed E-state index contributed by atoms with van der Waals surface area (Å²) < 4.78 is 2.36. The lowest BCUT2D eigenvalue weighted by Crippen LogP contribution is -2.45. The second-order valence-electron chi connectivity index (χ2n) is 4.97. The van der Waals surface area contributed by atoms with Gasteiger partial charge in [-0.1, -0.05) is 33.9 Å². The lowest BCUT2D eigenvalue weighted by molar-refractivity contribution is -0.122. The van der Waals surface area contributed by atoms with Gasteiger partial charge in [0.05, 0.1) is 5.69 Å². The fourth-order valence-corrected chi connectivity index (χ4v) is 5.03. The Kier molecular flexibility index (Phi) is 5.32. The summed E-state index contributed by atoms with van der Waals surface area (Å²) in [6, 6.07) is 3.68. The van der Waals surface area contributed by atoms with Crippen LogP contribution in [0.1, 0.15) is 25.7 Å². The van der Waals surface area contributed by atoms with Crippen LogP contribution in [0.2, 0.25) is 0 Å². The Morgan fingerprint density at radius 3 is 2.24 bits per heavy atom. The number of nitrogens with one attached hydrogen (secondary N) is 1. The van der Waals surface area contributed by atoms with E-state index >= 15 is 0 Å². The molecule has 1 aromatic carbocycles. The van der Waals surface area contributed by atoms with E-state index in [-0.39, 0.29) is 11.7 Å². The van der Waals surface area contributed by atoms with E-state index in [0.717, 1.165) is 26.3 Å². The van der Waals surface area contributed by atoms with Gasteiger partial charge < -0.3 is 16.3 Å². The number of rotatable bonds is 3. The number of amidine groups is 1. The van der Waals surface area contributed by atoms with Crippen molar-refractivity contribution in [1.82, 2.24) is 0 Å². The van der Waals surface area contributed by atoms with E-state index in [0.29, 0.717) is 18.5 Å². The number of nitrogens with zero attached hydrogens (tertiary/aromatic N) is 1. The molecule has 1 fully saturated rings. The standard InChI is InChI=1S/C13H14Br3N3O2/c14-7-5-8(15)10(9(16)6-7)18-12(20)13(11(17)19-21)3-1-2-4-13/h5-6,21H,1-4H2,(H2,17,19)(H,18,20). The molecule has 0 spiro atoms. The normalized spacial score (nSPS) is 17.8. The molecule has 114 valence electrons. The van der Waals surface area contributed by atoms with E-state index in [2.05, 4.69) is 58.3 Å². The first kappa shape index (κ1) is 16.8. The summed E-state index contributed by atoms with van der Waals surface area (Å²) >= 11 is 10.2. The molecule has 4 N–H and O–H groups in total. The number of halogens is 3. The molecule has 2 rings (SSSR count). The van der Waals surface area contributed by atoms with Crippen LogP contribution < -0.4 is 11.1 Å². The van der Waals surface area contributed by atoms with Gasteiger partial charge in [0.15, 0.2) is 5.84 Å². The topological polar surface area (TPSA) is 87.7 Å². The molecular formula is C13H14Br3N3O2. The third-order valence-electron chi connectivity index (χ3n) is 3.74. The fourth-order valence-electron chi connectivity index (χ4n) is 2.57. The van der Waals surface area contributed by atoms with Crippen molar-refractivity contribution in [2.24, 2.45) is 16.3 Å². The molecule has 0 radical (unpaired) electrons. The lowest BCUT2D eigenvalue weighted by atomic mass is 9.83. The average Bonchev–Trinajstić information content (AvgIpc) is 2.92. The third-order valence-corrected chi connectivity index (χ3v) is 5.44. The smallest absolute Gasteiger partial charge is 0.238 e. The van der Waals surface area contributed by atoms with Gasteiger partial charge in [-0.25, -0.2) is 0 Å². The second-order valence-corrected chi connectivity index (χ2v) is 7.60. The highest BCUT2D eigenvalue weighted by molar-refractivity contribution is 9.11. The Hall–Kier alpha value is -0.600. The van der Waals surface area contributed by atoms with E-state index in [1.807, 2.05) is 12.1 Å². The molecule has 0 bridgehead atoms. The molecule has 0 unspecified atom stereocenters. The first-order valence-corrected chi connectivity index (χ1v) is 8.72. The van der Waals surface area contributed by atoms with Crippen LogP contribution in [0.15, 0.2) is 30.7 Å². The van der Waals surface area contributed by atoms with Crippen molar-refractivity contribution in [2.75, 3.05) is 5.32 Å². The van der Waals surface area contributed by atoms with Crippen LogP contribution in [0.25, 0.3) is 0 Å². The Morgan fingerprint density at radius 2 is 1.76 bits per heavy atom. The molecule has 0 saturated heterocycles. The van der Waals surface area contributed by atoms with Crippen molar-refractivity contribution in [3.05, 3.63) is 25.6 Å². The maximum atomic E-state index is 12.7. The van der Waals surface area contributed by atoms with Gasteiger partial charge in [-0.05, 0) is 56.8 Å². The zero-order valence-electron chi connectivity index (χ0n) is 11.0. The predicted molar refractivity (Wildman–Crippen MR) is 92.5 cm³/mol. The van der Waals surface area contributed by atoms with Gasteiger partial charge in [-0.2, -0.15) is 0 Å². The van der Waals surface area contributed by atoms with Crippen LogP contribution in [0.5, 0.6) is 0 Å². The molecule has 0 aromatic heterocycles. The van der Waals surface area contributed by atoms with E-state index in [9.17, 15) is 4.79 Å². The lowest BCUT2D eigenvalue weighted by Gasteiger charge is -2.26. The highest BCUT2D eigenvalue weighted by Crippen LogP contribution is 2.41. The van der Waals surface area contributed by atoms with E-state index in [1.165, 1.54) is 0 Å². The summed E-state index contributed by atoms with van der Waals surface area (Å²) in [7, 11) is 0. The van der Waals surface area contributed by atoms with Crippen molar-refractivity contribution in [3.8, 4) is 0 Å². The van der Waals surface area contributed by atoms with Gasteiger partial charge in [-0.3, -0.25) is 4.79 Å². The molecule has 21 heavy (non-hydrogen) atoms. The Balaban J connectivity index is 2.33. The van der Waals surface area contributed by atoms with Crippen molar-refractivity contribution >= 4 is 65.2 Å². The van der Waals surface area contributed by atoms with Gasteiger partial charge in [0.1, 0.15) is 5.41 Å². The van der Waals surface area contributed by atoms with Gasteiger partial charge in [0, 0.05) is 13.4 Å². The van der Waals surface area contributed by atoms with Crippen molar-refractivity contribution in [3.63, 3.8) is 0 Å². The molecule has 1 amide bonds. The summed E-state index contributed by atoms with van der Waals surface area (Å²) in [6.07, 6.45) is 2.93. The average molecular weight is 484 g/mol. The van der Waals surface area contributed by atoms with E-state index in [1.54, 1.807) is 0 Å². The molecule has 1 aromatic rings. The minimum atomic E-state index is -0.930. The summed E-state index contributed by atoms with van der Waals surface area (Å²) in [6.45, 7) is 0. The van der Waals surface area contributed by atoms with E-state index in [4.69, 9.17) is 10.9 Å². The Morgan fingerprint density at radius 1 is 1.24 bits per heavy atom. The third kappa shape index (κ3) is 3.27. The maximum absolute atomic E-state index is 12.7. The largest absolute Gasteiger partial charge is 0.409 e. The van der Waals surface area contributed by atoms with Crippen LogP contribution in [-0.2, 0) is 4.79 Å². The van der Waals surface area contributed by atoms with Gasteiger partial charge in [0.25, 0.3) is 0 Å². The zero-order chi connectivity index (χ0) is 15.6. The predicted octanol–water partition coefficient (Wildman–Crippen LogP) is 4.22. The molecule has 1 aliphatic rings. The minimum absolute atomic E-state index is 0.0261. The summed E-state index contributed by atoms with van der Waals surface area (Å²) in [5.74, 6) is -0.277. The second kappa shape index (κ2) is 6.66. The van der Waals surface area contributed by atoms with Crippen molar-refractivity contribution in [1.29, 1.82) is 0 Å². The highest BCUT2D eigenvalue weighted by atomic mass is 79.9. The van der Waals surface area contributed by atoms with Crippen molar-refractivity contribution in [2.45, 2.75) is 25.7 Å². The zero-order valence-corrected chi connectivity index (χ0v) is 15.8. The number of carbonyl (C=O) groups is 1. The number of amides is 1. The number of benzene rings is 1. The molecule has 5 nitrogen and oxygen atoms in total. The van der Waals surface area contributed by atoms with Crippen LogP contribution >= 0.6 is 47.8 Å². The fraction of sp³-hybridized carbons (Fsp3) is 0.385. The Bertz CT molecular complexity index is 575. The molecule has 8 heteroatoms. The van der Waals surface area contributed by atoms with Gasteiger partial charge in [0.2, 0.25) is 5.91 Å². The number of carbonyl (C=O) groups excluding carboxylic acids is 1. The number of oxime groups is 1. The molecule has 1 aliphatic carbocycles. The monoisotopic (exact) mass is 481 g/mol. The van der Waals surface area contributed by atoms with Crippen molar-refractivity contribution < 1.29 is 10.0 Å².